The van der Waals surface area contributed by atoms with Crippen molar-refractivity contribution in [3.63, 3.8) is 0 Å². The van der Waals surface area contributed by atoms with Gasteiger partial charge in [0.15, 0.2) is 0 Å². The van der Waals surface area contributed by atoms with Crippen LogP contribution in [0.5, 0.6) is 0 Å². The minimum absolute atomic E-state index is 0.564. The summed E-state index contributed by atoms with van der Waals surface area (Å²) in [5, 5.41) is 1.92. The van der Waals surface area contributed by atoms with E-state index in [1.165, 1.54) is 0 Å². The molecule has 2 rings (SSSR count). The van der Waals surface area contributed by atoms with Crippen molar-refractivity contribution >= 4 is 30.4 Å². The lowest BCUT2D eigenvalue weighted by Crippen LogP contribution is -2.56. The monoisotopic (exact) mass is 226 g/mol. The van der Waals surface area contributed by atoms with Gasteiger partial charge in [0, 0.05) is 5.50 Å². The molecular weight excluding hydrogens is 216 g/mol. The average molecular weight is 227 g/mol. The zero-order chi connectivity index (χ0) is 10.0. The molecule has 0 atom stereocenters. The van der Waals surface area contributed by atoms with E-state index < -0.39 is 8.07 Å². The number of alkyl halides is 1. The Balaban J connectivity index is 2.45. The third-order valence-electron chi connectivity index (χ3n) is 2.40. The molecular formula is C10H11ClO2Si. The fraction of sp³-hybridized carbons (Fsp3) is 0.200. The second-order valence-electron chi connectivity index (χ2n) is 3.42. The van der Waals surface area contributed by atoms with Crippen molar-refractivity contribution < 1.29 is 8.83 Å². The van der Waals surface area contributed by atoms with E-state index in [0.29, 0.717) is 5.50 Å². The van der Waals surface area contributed by atoms with Crippen LogP contribution in [0.1, 0.15) is 0 Å². The second-order valence-corrected chi connectivity index (χ2v) is 8.14. The first-order valence-electron chi connectivity index (χ1n) is 4.41. The van der Waals surface area contributed by atoms with Gasteiger partial charge >= 0.3 is 0 Å². The van der Waals surface area contributed by atoms with Crippen molar-refractivity contribution in [3.05, 3.63) is 36.8 Å². The highest BCUT2D eigenvalue weighted by molar-refractivity contribution is 7.03. The highest BCUT2D eigenvalue weighted by atomic mass is 35.5. The smallest absolute Gasteiger partial charge is 0.218 e. The Labute approximate surface area is 88.5 Å². The summed E-state index contributed by atoms with van der Waals surface area (Å²) in [6, 6.07) is 7.71. The summed E-state index contributed by atoms with van der Waals surface area (Å²) in [5.41, 5.74) is 0.564. The van der Waals surface area contributed by atoms with Crippen LogP contribution in [0.2, 0.25) is 6.55 Å². The van der Waals surface area contributed by atoms with E-state index in [2.05, 4.69) is 6.55 Å². The second kappa shape index (κ2) is 3.67. The van der Waals surface area contributed by atoms with Gasteiger partial charge in [-0.1, -0.05) is 6.55 Å². The molecule has 0 N–H and O–H groups in total. The van der Waals surface area contributed by atoms with Gasteiger partial charge in [-0.3, -0.25) is 0 Å². The van der Waals surface area contributed by atoms with Crippen LogP contribution in [0, 0.1) is 0 Å². The molecule has 14 heavy (non-hydrogen) atoms. The van der Waals surface area contributed by atoms with E-state index in [9.17, 15) is 0 Å². The Morgan fingerprint density at radius 2 is 1.64 bits per heavy atom. The maximum Gasteiger partial charge on any atom is 0.218 e. The molecule has 74 valence electrons. The van der Waals surface area contributed by atoms with E-state index in [-0.39, 0.29) is 0 Å². The number of hydrogen-bond acceptors (Lipinski definition) is 2. The molecule has 2 aromatic heterocycles. The minimum atomic E-state index is -1.94. The molecule has 0 spiro atoms. The molecule has 0 aliphatic heterocycles. The Morgan fingerprint density at radius 3 is 1.93 bits per heavy atom. The lowest BCUT2D eigenvalue weighted by molar-refractivity contribution is 0.584. The summed E-state index contributed by atoms with van der Waals surface area (Å²) < 4.78 is 10.9. The fourth-order valence-electron chi connectivity index (χ4n) is 1.44. The molecule has 2 nitrogen and oxygen atoms in total. The van der Waals surface area contributed by atoms with Crippen LogP contribution in [0.3, 0.4) is 0 Å². The maximum absolute atomic E-state index is 6.03. The number of rotatable bonds is 3. The molecule has 2 heterocycles. The van der Waals surface area contributed by atoms with Crippen LogP contribution in [-0.4, -0.2) is 13.6 Å². The molecule has 0 aliphatic carbocycles. The molecule has 0 radical (unpaired) electrons. The van der Waals surface area contributed by atoms with Gasteiger partial charge in [-0.05, 0) is 24.3 Å². The van der Waals surface area contributed by atoms with Gasteiger partial charge in [0.05, 0.1) is 23.3 Å². The molecule has 0 bridgehead atoms. The van der Waals surface area contributed by atoms with Crippen molar-refractivity contribution in [1.82, 2.24) is 0 Å². The highest BCUT2D eigenvalue weighted by Gasteiger charge is 2.37. The Bertz CT molecular complexity index is 346. The molecule has 0 aromatic carbocycles. The van der Waals surface area contributed by atoms with Gasteiger partial charge in [-0.2, -0.15) is 0 Å². The van der Waals surface area contributed by atoms with Gasteiger partial charge in [0.1, 0.15) is 0 Å². The van der Waals surface area contributed by atoms with Gasteiger partial charge in [0.2, 0.25) is 8.07 Å². The van der Waals surface area contributed by atoms with Crippen molar-refractivity contribution in [3.8, 4) is 0 Å². The molecule has 0 saturated carbocycles. The van der Waals surface area contributed by atoms with Crippen molar-refractivity contribution in [2.75, 3.05) is 5.50 Å². The average Bonchev–Trinajstić information content (AvgIpc) is 2.88. The van der Waals surface area contributed by atoms with Crippen LogP contribution < -0.4 is 10.8 Å². The first-order valence-corrected chi connectivity index (χ1v) is 7.65. The van der Waals surface area contributed by atoms with Crippen LogP contribution >= 0.6 is 11.6 Å². The van der Waals surface area contributed by atoms with E-state index in [4.69, 9.17) is 20.4 Å². The summed E-state index contributed by atoms with van der Waals surface area (Å²) in [6.07, 6.45) is 3.35. The molecule has 0 saturated heterocycles. The fourth-order valence-corrected chi connectivity index (χ4v) is 4.32. The molecule has 2 aromatic rings. The lowest BCUT2D eigenvalue weighted by Gasteiger charge is -2.18. The summed E-state index contributed by atoms with van der Waals surface area (Å²) in [5.74, 6) is 0. The van der Waals surface area contributed by atoms with Gasteiger partial charge < -0.3 is 8.83 Å². The Kier molecular flexibility index (Phi) is 2.52. The van der Waals surface area contributed by atoms with Gasteiger partial charge in [0.25, 0.3) is 0 Å². The van der Waals surface area contributed by atoms with Crippen LogP contribution in [0.25, 0.3) is 0 Å². The summed E-state index contributed by atoms with van der Waals surface area (Å²) in [6.45, 7) is 2.14. The van der Waals surface area contributed by atoms with E-state index in [0.717, 1.165) is 10.8 Å². The quantitative estimate of drug-likeness (QED) is 0.590. The highest BCUT2D eigenvalue weighted by Crippen LogP contribution is 2.08. The maximum atomic E-state index is 6.03. The third-order valence-corrected chi connectivity index (χ3v) is 7.28. The number of hydrogen-bond donors (Lipinski definition) is 0. The lowest BCUT2D eigenvalue weighted by atomic mass is 10.7. The summed E-state index contributed by atoms with van der Waals surface area (Å²) >= 11 is 6.03. The van der Waals surface area contributed by atoms with Crippen LogP contribution in [0.4, 0.5) is 0 Å². The third kappa shape index (κ3) is 1.42. The molecule has 0 unspecified atom stereocenters. The summed E-state index contributed by atoms with van der Waals surface area (Å²) in [4.78, 5) is 0. The topological polar surface area (TPSA) is 26.3 Å². The first kappa shape index (κ1) is 9.62. The zero-order valence-corrected chi connectivity index (χ0v) is 9.62. The SMILES string of the molecule is C[Si](CCl)(c1ccco1)c1ccco1. The van der Waals surface area contributed by atoms with E-state index in [1.807, 2.05) is 24.3 Å². The van der Waals surface area contributed by atoms with Crippen LogP contribution in [0.15, 0.2) is 45.6 Å². The predicted octanol–water partition coefficient (Wildman–Crippen LogP) is 1.84. The van der Waals surface area contributed by atoms with E-state index >= 15 is 0 Å². The van der Waals surface area contributed by atoms with Crippen molar-refractivity contribution in [1.29, 1.82) is 0 Å². The normalized spacial score (nSPS) is 11.9. The van der Waals surface area contributed by atoms with Gasteiger partial charge in [-0.15, -0.1) is 11.6 Å². The molecule has 0 amide bonds. The van der Waals surface area contributed by atoms with Gasteiger partial charge in [-0.25, -0.2) is 0 Å². The predicted molar refractivity (Wildman–Crippen MR) is 59.0 cm³/mol. The molecule has 0 aliphatic rings. The standard InChI is InChI=1S/C10H11ClO2Si/c1-14(8-11,9-4-2-6-12-9)10-5-3-7-13-10/h2-7H,8H2,1H3. The molecule has 4 heteroatoms. The minimum Gasteiger partial charge on any atom is -0.474 e. The first-order chi connectivity index (χ1) is 6.77. The summed E-state index contributed by atoms with van der Waals surface area (Å²) in [7, 11) is -1.94. The van der Waals surface area contributed by atoms with E-state index in [1.54, 1.807) is 12.5 Å². The zero-order valence-electron chi connectivity index (χ0n) is 7.87. The van der Waals surface area contributed by atoms with Crippen LogP contribution in [-0.2, 0) is 0 Å². The van der Waals surface area contributed by atoms with Crippen molar-refractivity contribution in [2.45, 2.75) is 6.55 Å². The Morgan fingerprint density at radius 1 is 1.14 bits per heavy atom. The molecule has 0 fully saturated rings. The largest absolute Gasteiger partial charge is 0.474 e. The Hall–Kier alpha value is -0.933. The van der Waals surface area contributed by atoms with Crippen molar-refractivity contribution in [2.24, 2.45) is 0 Å². The number of halogens is 1. The number of furan rings is 2.